The van der Waals surface area contributed by atoms with Crippen LogP contribution in [0.15, 0.2) is 68.8 Å². The van der Waals surface area contributed by atoms with Crippen LogP contribution in [0, 0.1) is 0 Å². The average Bonchev–Trinajstić information content (AvgIpc) is 3.45. The number of aromatic nitrogens is 3. The van der Waals surface area contributed by atoms with Gasteiger partial charge in [0.15, 0.2) is 0 Å². The molecule has 3 N–H and O–H groups in total. The molecule has 0 unspecified atom stereocenters. The number of carbonyl (C=O) groups is 2. The van der Waals surface area contributed by atoms with E-state index in [1.807, 2.05) is 42.6 Å². The van der Waals surface area contributed by atoms with Crippen molar-refractivity contribution in [3.63, 3.8) is 0 Å². The summed E-state index contributed by atoms with van der Waals surface area (Å²) in [5.41, 5.74) is 2.00. The minimum atomic E-state index is -0.659. The molecule has 188 valence electrons. The quantitative estimate of drug-likeness (QED) is 0.226. The molecule has 0 aliphatic rings. The van der Waals surface area contributed by atoms with Crippen molar-refractivity contribution >= 4 is 56.3 Å². The van der Waals surface area contributed by atoms with Crippen molar-refractivity contribution < 1.29 is 18.7 Å². The Labute approximate surface area is 220 Å². The third kappa shape index (κ3) is 7.11. The van der Waals surface area contributed by atoms with Crippen LogP contribution >= 0.6 is 27.7 Å². The zero-order valence-corrected chi connectivity index (χ0v) is 22.4. The summed E-state index contributed by atoms with van der Waals surface area (Å²) in [6, 6.07) is 14.6. The molecule has 4 rings (SSSR count). The van der Waals surface area contributed by atoms with E-state index >= 15 is 0 Å². The minimum Gasteiger partial charge on any atom is -0.444 e. The number of halogens is 1. The molecule has 0 spiro atoms. The van der Waals surface area contributed by atoms with Gasteiger partial charge in [0.25, 0.3) is 5.22 Å². The number of thioether (sulfide) groups is 1. The highest BCUT2D eigenvalue weighted by molar-refractivity contribution is 9.10. The van der Waals surface area contributed by atoms with Crippen molar-refractivity contribution in [2.75, 3.05) is 11.1 Å². The molecule has 0 bridgehead atoms. The fraction of sp³-hybridized carbons (Fsp3) is 0.280. The Bertz CT molecular complexity index is 1350. The number of fused-ring (bicyclic) bond motifs is 1. The number of nitrogens with one attached hydrogen (secondary N) is 3. The number of alkyl carbamates (subject to hydrolysis) is 1. The Morgan fingerprint density at radius 3 is 2.64 bits per heavy atom. The van der Waals surface area contributed by atoms with E-state index in [0.29, 0.717) is 12.1 Å². The van der Waals surface area contributed by atoms with Gasteiger partial charge in [0, 0.05) is 33.7 Å². The number of para-hydroxylation sites is 1. The number of hydrogen-bond acceptors (Lipinski definition) is 7. The van der Waals surface area contributed by atoms with E-state index < -0.39 is 17.7 Å². The highest BCUT2D eigenvalue weighted by Gasteiger charge is 2.26. The van der Waals surface area contributed by atoms with Gasteiger partial charge in [-0.15, -0.1) is 10.2 Å². The van der Waals surface area contributed by atoms with Crippen molar-refractivity contribution in [3.8, 4) is 0 Å². The summed E-state index contributed by atoms with van der Waals surface area (Å²) in [6.45, 7) is 5.38. The zero-order chi connectivity index (χ0) is 25.7. The Kier molecular flexibility index (Phi) is 8.00. The predicted octanol–water partition coefficient (Wildman–Crippen LogP) is 5.85. The molecule has 36 heavy (non-hydrogen) atoms. The van der Waals surface area contributed by atoms with Crippen LogP contribution in [0.5, 0.6) is 0 Å². The lowest BCUT2D eigenvalue weighted by molar-refractivity contribution is -0.113. The van der Waals surface area contributed by atoms with Crippen LogP contribution in [0.25, 0.3) is 10.9 Å². The van der Waals surface area contributed by atoms with E-state index in [1.54, 1.807) is 32.9 Å². The Morgan fingerprint density at radius 2 is 1.89 bits per heavy atom. The third-order valence-corrected chi connectivity index (χ3v) is 6.31. The van der Waals surface area contributed by atoms with E-state index in [0.717, 1.165) is 32.7 Å². The molecule has 0 fully saturated rings. The lowest BCUT2D eigenvalue weighted by atomic mass is 10.1. The molecule has 2 heterocycles. The van der Waals surface area contributed by atoms with Crippen molar-refractivity contribution in [1.82, 2.24) is 20.5 Å². The highest BCUT2D eigenvalue weighted by Crippen LogP contribution is 2.26. The maximum absolute atomic E-state index is 12.6. The first kappa shape index (κ1) is 25.8. The summed E-state index contributed by atoms with van der Waals surface area (Å²) in [5.74, 6) is 0.107. The van der Waals surface area contributed by atoms with Crippen molar-refractivity contribution in [2.45, 2.75) is 44.1 Å². The summed E-state index contributed by atoms with van der Waals surface area (Å²) in [4.78, 5) is 28.1. The topological polar surface area (TPSA) is 122 Å². The fourth-order valence-corrected chi connectivity index (χ4v) is 4.28. The largest absolute Gasteiger partial charge is 0.444 e. The lowest BCUT2D eigenvalue weighted by Gasteiger charge is -2.22. The van der Waals surface area contributed by atoms with Crippen LogP contribution in [-0.4, -0.2) is 38.5 Å². The van der Waals surface area contributed by atoms with Gasteiger partial charge in [0.2, 0.25) is 11.8 Å². The monoisotopic (exact) mass is 571 g/mol. The molecule has 9 nitrogen and oxygen atoms in total. The second-order valence-corrected chi connectivity index (χ2v) is 10.9. The van der Waals surface area contributed by atoms with Crippen LogP contribution in [-0.2, 0) is 16.0 Å². The average molecular weight is 572 g/mol. The van der Waals surface area contributed by atoms with Crippen molar-refractivity contribution in [3.05, 3.63) is 70.7 Å². The number of hydrogen-bond donors (Lipinski definition) is 3. The van der Waals surface area contributed by atoms with Crippen molar-refractivity contribution in [1.29, 1.82) is 0 Å². The van der Waals surface area contributed by atoms with Crippen LogP contribution in [0.2, 0.25) is 0 Å². The van der Waals surface area contributed by atoms with E-state index in [2.05, 4.69) is 41.7 Å². The van der Waals surface area contributed by atoms with E-state index in [4.69, 9.17) is 9.15 Å². The molecule has 4 aromatic rings. The van der Waals surface area contributed by atoms with Gasteiger partial charge in [-0.05, 0) is 56.7 Å². The molecule has 0 aliphatic heterocycles. The number of benzene rings is 2. The summed E-state index contributed by atoms with van der Waals surface area (Å²) in [7, 11) is 0. The summed E-state index contributed by atoms with van der Waals surface area (Å²) >= 11 is 4.48. The molecule has 0 saturated heterocycles. The van der Waals surface area contributed by atoms with Gasteiger partial charge >= 0.3 is 6.09 Å². The molecular weight excluding hydrogens is 546 g/mol. The Hall–Kier alpha value is -3.31. The standard InChI is InChI=1S/C25H26BrN5O4S/c1-25(2,3)35-23(33)29-20(12-15-13-27-19-7-5-4-6-18(15)19)22-30-31-24(34-22)36-14-21(32)28-17-10-8-16(26)9-11-17/h4-11,13,20,27H,12,14H2,1-3H3,(H,28,32)(H,29,33)/t20-/m0/s1. The summed E-state index contributed by atoms with van der Waals surface area (Å²) in [6.07, 6.45) is 1.71. The third-order valence-electron chi connectivity index (χ3n) is 4.96. The smallest absolute Gasteiger partial charge is 0.408 e. The molecule has 1 atom stereocenters. The molecule has 0 saturated carbocycles. The van der Waals surface area contributed by atoms with Crippen LogP contribution in [0.3, 0.4) is 0 Å². The van der Waals surface area contributed by atoms with E-state index in [1.165, 1.54) is 0 Å². The van der Waals surface area contributed by atoms with Crippen LogP contribution in [0.1, 0.15) is 38.3 Å². The molecule has 11 heteroatoms. The predicted molar refractivity (Wildman–Crippen MR) is 142 cm³/mol. The fourth-order valence-electron chi connectivity index (χ4n) is 3.45. The van der Waals surface area contributed by atoms with Gasteiger partial charge in [-0.1, -0.05) is 45.9 Å². The summed E-state index contributed by atoms with van der Waals surface area (Å²) < 4.78 is 12.2. The number of ether oxygens (including phenoxy) is 1. The maximum atomic E-state index is 12.6. The molecule has 2 aromatic carbocycles. The first-order valence-corrected chi connectivity index (χ1v) is 13.0. The van der Waals surface area contributed by atoms with E-state index in [-0.39, 0.29) is 22.8 Å². The maximum Gasteiger partial charge on any atom is 0.408 e. The number of anilines is 1. The SMILES string of the molecule is CC(C)(C)OC(=O)N[C@@H](Cc1c[nH]c2ccccc12)c1nnc(SCC(=O)Nc2ccc(Br)cc2)o1. The van der Waals surface area contributed by atoms with Gasteiger partial charge < -0.3 is 24.8 Å². The molecule has 0 aliphatic carbocycles. The lowest BCUT2D eigenvalue weighted by Crippen LogP contribution is -2.36. The van der Waals surface area contributed by atoms with Gasteiger partial charge in [0.1, 0.15) is 11.6 Å². The number of carbonyl (C=O) groups excluding carboxylic acids is 2. The van der Waals surface area contributed by atoms with Gasteiger partial charge in [-0.25, -0.2) is 4.79 Å². The minimum absolute atomic E-state index is 0.0876. The zero-order valence-electron chi connectivity index (χ0n) is 20.0. The Morgan fingerprint density at radius 1 is 1.14 bits per heavy atom. The van der Waals surface area contributed by atoms with Gasteiger partial charge in [0.05, 0.1) is 5.75 Å². The Balaban J connectivity index is 1.45. The number of nitrogens with zero attached hydrogens (tertiary/aromatic N) is 2. The van der Waals surface area contributed by atoms with Crippen molar-refractivity contribution in [2.24, 2.45) is 0 Å². The normalized spacial score (nSPS) is 12.3. The summed E-state index contributed by atoms with van der Waals surface area (Å²) in [5, 5.41) is 15.1. The van der Waals surface area contributed by atoms with Gasteiger partial charge in [-0.2, -0.15) is 0 Å². The molecular formula is C25H26BrN5O4S. The van der Waals surface area contributed by atoms with Crippen LogP contribution in [0.4, 0.5) is 10.5 Å². The second kappa shape index (κ2) is 11.2. The molecule has 2 amide bonds. The highest BCUT2D eigenvalue weighted by atomic mass is 79.9. The molecule has 0 radical (unpaired) electrons. The molecule has 2 aromatic heterocycles. The second-order valence-electron chi connectivity index (χ2n) is 9.01. The van der Waals surface area contributed by atoms with Gasteiger partial charge in [-0.3, -0.25) is 4.79 Å². The van der Waals surface area contributed by atoms with Crippen LogP contribution < -0.4 is 10.6 Å². The number of rotatable bonds is 8. The van der Waals surface area contributed by atoms with E-state index in [9.17, 15) is 9.59 Å². The number of aromatic amines is 1. The first-order chi connectivity index (χ1) is 17.2. The number of H-pyrrole nitrogens is 1. The first-order valence-electron chi connectivity index (χ1n) is 11.2. The number of amides is 2.